The summed E-state index contributed by atoms with van der Waals surface area (Å²) in [6.45, 7) is 13.8. The van der Waals surface area contributed by atoms with E-state index in [2.05, 4.69) is 39.9 Å². The Morgan fingerprint density at radius 2 is 2.05 bits per heavy atom. The molecule has 1 aliphatic carbocycles. The smallest absolute Gasteiger partial charge is 0.123 e. The van der Waals surface area contributed by atoms with E-state index in [9.17, 15) is 0 Å². The zero-order valence-electron chi connectivity index (χ0n) is 14.2. The molecule has 0 bridgehead atoms. The number of nitrogens with zero attached hydrogens (tertiary/aromatic N) is 1. The molecule has 1 unspecified atom stereocenters. The number of rotatable bonds is 8. The first-order valence-electron chi connectivity index (χ1n) is 8.29. The summed E-state index contributed by atoms with van der Waals surface area (Å²) in [6, 6.07) is 0. The first-order chi connectivity index (χ1) is 9.97. The fourth-order valence-corrected chi connectivity index (χ4v) is 3.95. The molecule has 21 heavy (non-hydrogen) atoms. The minimum atomic E-state index is 0.0861. The second-order valence-corrected chi connectivity index (χ2v) is 8.13. The molecule has 2 rings (SSSR count). The summed E-state index contributed by atoms with van der Waals surface area (Å²) in [5.41, 5.74) is 1.43. The van der Waals surface area contributed by atoms with Crippen LogP contribution in [0.15, 0.2) is 0 Å². The van der Waals surface area contributed by atoms with Crippen LogP contribution in [0, 0.1) is 5.41 Å². The van der Waals surface area contributed by atoms with Gasteiger partial charge in [0.25, 0.3) is 0 Å². The Bertz CT molecular complexity index is 446. The highest BCUT2D eigenvalue weighted by Crippen LogP contribution is 2.46. The van der Waals surface area contributed by atoms with Crippen LogP contribution >= 0.6 is 11.3 Å². The lowest BCUT2D eigenvalue weighted by Crippen LogP contribution is -2.21. The van der Waals surface area contributed by atoms with Gasteiger partial charge in [-0.3, -0.25) is 0 Å². The Labute approximate surface area is 133 Å². The lowest BCUT2D eigenvalue weighted by Gasteiger charge is -2.28. The van der Waals surface area contributed by atoms with E-state index in [0.717, 1.165) is 19.7 Å². The highest BCUT2D eigenvalue weighted by Gasteiger charge is 2.34. The molecule has 0 aromatic carbocycles. The van der Waals surface area contributed by atoms with Crippen LogP contribution in [0.25, 0.3) is 0 Å². The Morgan fingerprint density at radius 3 is 2.57 bits per heavy atom. The molecule has 1 N–H and O–H groups in total. The van der Waals surface area contributed by atoms with E-state index < -0.39 is 0 Å². The molecule has 1 aliphatic rings. The molecule has 0 amide bonds. The summed E-state index contributed by atoms with van der Waals surface area (Å²) in [6.07, 6.45) is 3.89. The Balaban J connectivity index is 2.20. The zero-order valence-corrected chi connectivity index (χ0v) is 15.0. The fraction of sp³-hybridized carbons (Fsp3) is 0.824. The van der Waals surface area contributed by atoms with E-state index in [-0.39, 0.29) is 11.5 Å². The maximum atomic E-state index is 6.01. The summed E-state index contributed by atoms with van der Waals surface area (Å²) in [5.74, 6) is 0.704. The Hall–Kier alpha value is -0.450. The molecule has 0 saturated heterocycles. The molecule has 0 spiro atoms. The van der Waals surface area contributed by atoms with Crippen molar-refractivity contribution in [3.8, 4) is 0 Å². The number of nitrogens with one attached hydrogen (secondary N) is 1. The van der Waals surface area contributed by atoms with Crippen LogP contribution in [-0.4, -0.2) is 18.1 Å². The summed E-state index contributed by atoms with van der Waals surface area (Å²) in [5, 5.41) is 4.69. The number of thiazole rings is 1. The normalized spacial score (nSPS) is 17.2. The van der Waals surface area contributed by atoms with Crippen LogP contribution in [0.3, 0.4) is 0 Å². The molecule has 1 heterocycles. The van der Waals surface area contributed by atoms with Crippen LogP contribution in [-0.2, 0) is 11.3 Å². The van der Waals surface area contributed by atoms with Gasteiger partial charge in [-0.05, 0) is 38.1 Å². The van der Waals surface area contributed by atoms with Gasteiger partial charge in [-0.15, -0.1) is 11.3 Å². The third-order valence-corrected chi connectivity index (χ3v) is 4.88. The van der Waals surface area contributed by atoms with Gasteiger partial charge in [-0.1, -0.05) is 27.7 Å². The number of aromatic nitrogens is 1. The lowest BCUT2D eigenvalue weighted by molar-refractivity contribution is -0.0134. The molecule has 3 nitrogen and oxygen atoms in total. The minimum Gasteiger partial charge on any atom is -0.371 e. The van der Waals surface area contributed by atoms with Crippen molar-refractivity contribution in [2.75, 3.05) is 13.2 Å². The topological polar surface area (TPSA) is 34.1 Å². The van der Waals surface area contributed by atoms with E-state index in [4.69, 9.17) is 9.72 Å². The van der Waals surface area contributed by atoms with Gasteiger partial charge >= 0.3 is 0 Å². The van der Waals surface area contributed by atoms with Crippen molar-refractivity contribution < 1.29 is 4.74 Å². The first-order valence-corrected chi connectivity index (χ1v) is 9.10. The minimum absolute atomic E-state index is 0.0861. The molecule has 1 aromatic heterocycles. The predicted molar refractivity (Wildman–Crippen MR) is 89.9 cm³/mol. The highest BCUT2D eigenvalue weighted by molar-refractivity contribution is 7.11. The van der Waals surface area contributed by atoms with Gasteiger partial charge in [-0.2, -0.15) is 0 Å². The molecule has 4 heteroatoms. The van der Waals surface area contributed by atoms with E-state index in [1.165, 1.54) is 34.8 Å². The standard InChI is InChI=1S/C17H30N2OS/c1-6-10-18-11-13-14(12-8-9-12)19-16(21-13)15(20-7-2)17(3,4)5/h12,15,18H,6-11H2,1-5H3. The summed E-state index contributed by atoms with van der Waals surface area (Å²) < 4.78 is 6.01. The van der Waals surface area contributed by atoms with Crippen LogP contribution in [0.2, 0.25) is 0 Å². The molecule has 1 fully saturated rings. The molecule has 0 aliphatic heterocycles. The van der Waals surface area contributed by atoms with Gasteiger partial charge in [0.1, 0.15) is 11.1 Å². The third kappa shape index (κ3) is 4.51. The molecule has 1 aromatic rings. The average Bonchev–Trinajstić information content (AvgIpc) is 3.17. The maximum absolute atomic E-state index is 6.01. The van der Waals surface area contributed by atoms with Crippen molar-refractivity contribution in [1.29, 1.82) is 0 Å². The maximum Gasteiger partial charge on any atom is 0.123 e. The van der Waals surface area contributed by atoms with Crippen LogP contribution < -0.4 is 5.32 Å². The molecular weight excluding hydrogens is 280 g/mol. The highest BCUT2D eigenvalue weighted by atomic mass is 32.1. The predicted octanol–water partition coefficient (Wildman–Crippen LogP) is 4.64. The van der Waals surface area contributed by atoms with Crippen molar-refractivity contribution in [3.63, 3.8) is 0 Å². The van der Waals surface area contributed by atoms with Crippen molar-refractivity contribution >= 4 is 11.3 Å². The third-order valence-electron chi connectivity index (χ3n) is 3.76. The SMILES string of the molecule is CCCNCc1sc(C(OCC)C(C)(C)C)nc1C1CC1. The van der Waals surface area contributed by atoms with Gasteiger partial charge < -0.3 is 10.1 Å². The van der Waals surface area contributed by atoms with Crippen molar-refractivity contribution in [2.24, 2.45) is 5.41 Å². The number of hydrogen-bond acceptors (Lipinski definition) is 4. The summed E-state index contributed by atoms with van der Waals surface area (Å²) in [4.78, 5) is 6.42. The van der Waals surface area contributed by atoms with Gasteiger partial charge in [0.05, 0.1) is 5.69 Å². The van der Waals surface area contributed by atoms with Crippen molar-refractivity contribution in [2.45, 2.75) is 72.4 Å². The molecule has 1 saturated carbocycles. The second-order valence-electron chi connectivity index (χ2n) is 7.01. The zero-order chi connectivity index (χ0) is 15.5. The summed E-state index contributed by atoms with van der Waals surface area (Å²) >= 11 is 1.85. The van der Waals surface area contributed by atoms with E-state index in [1.807, 2.05) is 11.3 Å². The summed E-state index contributed by atoms with van der Waals surface area (Å²) in [7, 11) is 0. The van der Waals surface area contributed by atoms with Gasteiger partial charge in [0.2, 0.25) is 0 Å². The first kappa shape index (κ1) is 16.9. The largest absolute Gasteiger partial charge is 0.371 e. The second kappa shape index (κ2) is 7.21. The Kier molecular flexibility index (Phi) is 5.81. The van der Waals surface area contributed by atoms with Gasteiger partial charge in [0, 0.05) is 23.9 Å². The average molecular weight is 311 g/mol. The van der Waals surface area contributed by atoms with E-state index >= 15 is 0 Å². The molecular formula is C17H30N2OS. The van der Waals surface area contributed by atoms with Crippen LogP contribution in [0.1, 0.15) is 81.5 Å². The van der Waals surface area contributed by atoms with E-state index in [0.29, 0.717) is 5.92 Å². The Morgan fingerprint density at radius 1 is 1.33 bits per heavy atom. The monoisotopic (exact) mass is 310 g/mol. The quantitative estimate of drug-likeness (QED) is 0.710. The molecule has 120 valence electrons. The van der Waals surface area contributed by atoms with Crippen LogP contribution in [0.4, 0.5) is 0 Å². The molecule has 1 atom stereocenters. The van der Waals surface area contributed by atoms with Crippen molar-refractivity contribution in [3.05, 3.63) is 15.6 Å². The van der Waals surface area contributed by atoms with Gasteiger partial charge in [-0.25, -0.2) is 4.98 Å². The van der Waals surface area contributed by atoms with Gasteiger partial charge in [0.15, 0.2) is 0 Å². The number of ether oxygens (including phenoxy) is 1. The van der Waals surface area contributed by atoms with Crippen molar-refractivity contribution in [1.82, 2.24) is 10.3 Å². The van der Waals surface area contributed by atoms with Crippen LogP contribution in [0.5, 0.6) is 0 Å². The number of hydrogen-bond donors (Lipinski definition) is 1. The fourth-order valence-electron chi connectivity index (χ4n) is 2.53. The van der Waals surface area contributed by atoms with E-state index in [1.54, 1.807) is 0 Å². The lowest BCUT2D eigenvalue weighted by atomic mass is 9.89. The molecule has 0 radical (unpaired) electrons.